The molecule has 6 heterocycles. The van der Waals surface area contributed by atoms with Crippen LogP contribution in [-0.4, -0.2) is 68.2 Å². The molecule has 1 unspecified atom stereocenters. The molecule has 7 rings (SSSR count). The van der Waals surface area contributed by atoms with Crippen LogP contribution in [-0.2, 0) is 17.8 Å². The second-order valence-electron chi connectivity index (χ2n) is 12.2. The predicted octanol–water partition coefficient (Wildman–Crippen LogP) is 6.90. The summed E-state index contributed by atoms with van der Waals surface area (Å²) in [5.41, 5.74) is 5.68. The minimum atomic E-state index is -0.735. The van der Waals surface area contributed by atoms with Crippen molar-refractivity contribution >= 4 is 27.3 Å². The smallest absolute Gasteiger partial charge is 0.246 e. The molecule has 0 saturated carbocycles. The monoisotopic (exact) mass is 640 g/mol. The molecule has 8 nitrogen and oxygen atoms in total. The van der Waals surface area contributed by atoms with Gasteiger partial charge >= 0.3 is 0 Å². The summed E-state index contributed by atoms with van der Waals surface area (Å²) in [4.78, 5) is 26.3. The number of carbonyl (C=O) groups excluding carboxylic acids is 1. The zero-order valence-electron chi connectivity index (χ0n) is 26.0. The van der Waals surface area contributed by atoms with E-state index in [1.165, 1.54) is 23.5 Å². The first kappa shape index (κ1) is 30.2. The number of likely N-dealkylation sites (tertiary alicyclic amines) is 1. The fraction of sp³-hybridized carbons (Fsp3) is 0.314. The summed E-state index contributed by atoms with van der Waals surface area (Å²) in [6.07, 6.45) is 8.11. The number of likely N-dealkylation sites (N-methyl/N-ethyl adjacent to an activating group) is 1. The maximum Gasteiger partial charge on any atom is 0.246 e. The molecule has 0 aliphatic carbocycles. The van der Waals surface area contributed by atoms with E-state index in [0.29, 0.717) is 29.9 Å². The van der Waals surface area contributed by atoms with Crippen LogP contribution in [0.1, 0.15) is 37.6 Å². The third kappa shape index (κ3) is 5.47. The van der Waals surface area contributed by atoms with Gasteiger partial charge in [-0.3, -0.25) is 14.5 Å². The molecular formula is C35H34F2N6O2S. The standard InChI is InChI=1S/C35H34F2N6O2S/c1-5-30(44)42-10-6-25(19-42)43-18-23(16-39-43)34-32(31-27(37)13-24(36)14-29(31)45-20(2)3)35-26(8-11-46-35)33(40-34)21-12-22-17-41(4)9-7-28(22)38-15-21/h5,8,11-16,18,20,25H,1,6-7,9-10,17,19H2,2-4H3. The third-order valence-electron chi connectivity index (χ3n) is 8.64. The molecular weight excluding hydrogens is 606 g/mol. The quantitative estimate of drug-likeness (QED) is 0.180. The van der Waals surface area contributed by atoms with E-state index in [4.69, 9.17) is 14.7 Å². The van der Waals surface area contributed by atoms with Crippen molar-refractivity contribution in [1.29, 1.82) is 0 Å². The van der Waals surface area contributed by atoms with E-state index in [0.717, 1.165) is 64.6 Å². The number of carbonyl (C=O) groups is 1. The lowest BCUT2D eigenvalue weighted by Gasteiger charge is -2.24. The van der Waals surface area contributed by atoms with Gasteiger partial charge in [-0.2, -0.15) is 5.10 Å². The van der Waals surface area contributed by atoms with Gasteiger partial charge in [-0.15, -0.1) is 11.3 Å². The lowest BCUT2D eigenvalue weighted by Crippen LogP contribution is -2.27. The fourth-order valence-electron chi connectivity index (χ4n) is 6.47. The van der Waals surface area contributed by atoms with Gasteiger partial charge in [-0.1, -0.05) is 6.58 Å². The van der Waals surface area contributed by atoms with Crippen molar-refractivity contribution in [2.75, 3.05) is 26.7 Å². The zero-order chi connectivity index (χ0) is 32.1. The summed E-state index contributed by atoms with van der Waals surface area (Å²) in [5, 5.41) is 7.49. The van der Waals surface area contributed by atoms with Crippen LogP contribution in [0.5, 0.6) is 5.75 Å². The van der Waals surface area contributed by atoms with Gasteiger partial charge in [-0.25, -0.2) is 13.8 Å². The Morgan fingerprint density at radius 2 is 1.98 bits per heavy atom. The number of hydrogen-bond donors (Lipinski definition) is 0. The van der Waals surface area contributed by atoms with Crippen LogP contribution in [0.2, 0.25) is 0 Å². The second kappa shape index (κ2) is 12.0. The van der Waals surface area contributed by atoms with Crippen LogP contribution in [0.3, 0.4) is 0 Å². The Kier molecular flexibility index (Phi) is 7.90. The molecule has 1 fully saturated rings. The van der Waals surface area contributed by atoms with Gasteiger partial charge in [0.25, 0.3) is 0 Å². The molecule has 0 spiro atoms. The van der Waals surface area contributed by atoms with Crippen molar-refractivity contribution in [2.24, 2.45) is 0 Å². The van der Waals surface area contributed by atoms with Gasteiger partial charge in [0.15, 0.2) is 0 Å². The lowest BCUT2D eigenvalue weighted by molar-refractivity contribution is -0.125. The number of fused-ring (bicyclic) bond motifs is 2. The number of rotatable bonds is 7. The van der Waals surface area contributed by atoms with E-state index in [2.05, 4.69) is 29.7 Å². The lowest BCUT2D eigenvalue weighted by atomic mass is 9.95. The molecule has 46 heavy (non-hydrogen) atoms. The Morgan fingerprint density at radius 1 is 1.13 bits per heavy atom. The number of pyridine rings is 2. The Hall–Kier alpha value is -4.48. The average Bonchev–Trinajstić information content (AvgIpc) is 3.81. The molecule has 1 saturated heterocycles. The maximum atomic E-state index is 16.0. The Bertz CT molecular complexity index is 1990. The number of amides is 1. The molecule has 0 N–H and O–H groups in total. The maximum absolute atomic E-state index is 16.0. The van der Waals surface area contributed by atoms with Crippen LogP contribution in [0.25, 0.3) is 43.7 Å². The summed E-state index contributed by atoms with van der Waals surface area (Å²) >= 11 is 1.47. The highest BCUT2D eigenvalue weighted by atomic mass is 32.1. The average molecular weight is 641 g/mol. The molecule has 4 aromatic heterocycles. The van der Waals surface area contributed by atoms with Crippen molar-refractivity contribution in [3.63, 3.8) is 0 Å². The van der Waals surface area contributed by atoms with Crippen LogP contribution in [0.4, 0.5) is 8.78 Å². The first-order valence-electron chi connectivity index (χ1n) is 15.4. The predicted molar refractivity (Wildman–Crippen MR) is 176 cm³/mol. The van der Waals surface area contributed by atoms with E-state index in [-0.39, 0.29) is 29.4 Å². The normalized spacial score (nSPS) is 16.7. The van der Waals surface area contributed by atoms with Crippen molar-refractivity contribution < 1.29 is 18.3 Å². The van der Waals surface area contributed by atoms with Gasteiger partial charge in [0, 0.05) is 89.6 Å². The Labute approximate surface area is 270 Å². The van der Waals surface area contributed by atoms with Crippen molar-refractivity contribution in [3.05, 3.63) is 83.8 Å². The number of nitrogens with zero attached hydrogens (tertiary/aromatic N) is 6. The van der Waals surface area contributed by atoms with Crippen molar-refractivity contribution in [2.45, 2.75) is 45.4 Å². The van der Waals surface area contributed by atoms with Gasteiger partial charge < -0.3 is 14.5 Å². The van der Waals surface area contributed by atoms with E-state index in [1.807, 2.05) is 42.4 Å². The molecule has 1 amide bonds. The van der Waals surface area contributed by atoms with E-state index in [9.17, 15) is 9.18 Å². The number of benzene rings is 1. The van der Waals surface area contributed by atoms with E-state index in [1.54, 1.807) is 11.1 Å². The van der Waals surface area contributed by atoms with Crippen LogP contribution in [0, 0.1) is 11.6 Å². The minimum absolute atomic E-state index is 0.0322. The summed E-state index contributed by atoms with van der Waals surface area (Å²) in [7, 11) is 2.10. The van der Waals surface area contributed by atoms with E-state index >= 15 is 4.39 Å². The molecule has 1 aromatic carbocycles. The minimum Gasteiger partial charge on any atom is -0.490 e. The highest BCUT2D eigenvalue weighted by molar-refractivity contribution is 7.18. The molecule has 2 aliphatic heterocycles. The Balaban J connectivity index is 1.44. The van der Waals surface area contributed by atoms with Gasteiger partial charge in [0.2, 0.25) is 5.91 Å². The van der Waals surface area contributed by atoms with Gasteiger partial charge in [-0.05, 0) is 56.5 Å². The molecule has 11 heteroatoms. The molecule has 5 aromatic rings. The summed E-state index contributed by atoms with van der Waals surface area (Å²) < 4.78 is 39.3. The Morgan fingerprint density at radius 3 is 2.78 bits per heavy atom. The SMILES string of the molecule is C=CC(=O)N1CCC(n2cc(-c3nc(-c4cnc5c(c4)CN(C)CC5)c4ccsc4c3-c3c(F)cc(F)cc3OC(C)C)cn2)C1. The largest absolute Gasteiger partial charge is 0.490 e. The second-order valence-corrected chi connectivity index (χ2v) is 13.1. The van der Waals surface area contributed by atoms with Gasteiger partial charge in [0.1, 0.15) is 17.4 Å². The number of aromatic nitrogens is 4. The molecule has 0 bridgehead atoms. The van der Waals surface area contributed by atoms with Crippen molar-refractivity contribution in [1.82, 2.24) is 29.5 Å². The summed E-state index contributed by atoms with van der Waals surface area (Å²) in [5.74, 6) is -1.45. The summed E-state index contributed by atoms with van der Waals surface area (Å²) in [6, 6.07) is 6.22. The number of thiophene rings is 1. The third-order valence-corrected chi connectivity index (χ3v) is 9.57. The van der Waals surface area contributed by atoms with E-state index < -0.39 is 11.6 Å². The fourth-order valence-corrected chi connectivity index (χ4v) is 7.42. The van der Waals surface area contributed by atoms with Crippen LogP contribution < -0.4 is 4.74 Å². The highest BCUT2D eigenvalue weighted by Crippen LogP contribution is 2.47. The summed E-state index contributed by atoms with van der Waals surface area (Å²) in [6.45, 7) is 10.1. The molecule has 236 valence electrons. The molecule has 1 atom stereocenters. The number of ether oxygens (including phenoxy) is 1. The van der Waals surface area contributed by atoms with Gasteiger partial charge in [0.05, 0.1) is 35.3 Å². The topological polar surface area (TPSA) is 76.4 Å². The highest BCUT2D eigenvalue weighted by Gasteiger charge is 2.30. The first-order chi connectivity index (χ1) is 22.2. The first-order valence-corrected chi connectivity index (χ1v) is 16.3. The zero-order valence-corrected chi connectivity index (χ0v) is 26.8. The number of halogens is 2. The van der Waals surface area contributed by atoms with Crippen LogP contribution in [0.15, 0.2) is 60.9 Å². The van der Waals surface area contributed by atoms with Crippen LogP contribution >= 0.6 is 11.3 Å². The van der Waals surface area contributed by atoms with Crippen molar-refractivity contribution in [3.8, 4) is 39.4 Å². The molecule has 2 aliphatic rings. The molecule has 0 radical (unpaired) electrons. The number of hydrogen-bond acceptors (Lipinski definition) is 7.